The van der Waals surface area contributed by atoms with E-state index in [4.69, 9.17) is 11.6 Å². The standard InChI is InChI=1S/C12H16ClN3O2/c1-4-16(3)12(18)8(2)14-11(17)9-6-5-7-10(13)15-9/h5-8H,4H2,1-3H3,(H,14,17). The van der Waals surface area contributed by atoms with Crippen LogP contribution in [0.3, 0.4) is 0 Å². The Morgan fingerprint density at radius 2 is 2.17 bits per heavy atom. The number of nitrogens with one attached hydrogen (secondary N) is 1. The summed E-state index contributed by atoms with van der Waals surface area (Å²) in [5.41, 5.74) is 0.196. The highest BCUT2D eigenvalue weighted by Crippen LogP contribution is 2.05. The van der Waals surface area contributed by atoms with Crippen LogP contribution in [0.2, 0.25) is 5.15 Å². The Morgan fingerprint density at radius 1 is 1.50 bits per heavy atom. The van der Waals surface area contributed by atoms with E-state index in [9.17, 15) is 9.59 Å². The second-order valence-corrected chi connectivity index (χ2v) is 4.28. The summed E-state index contributed by atoms with van der Waals surface area (Å²) in [4.78, 5) is 29.0. The van der Waals surface area contributed by atoms with Crippen molar-refractivity contribution in [1.82, 2.24) is 15.2 Å². The average molecular weight is 270 g/mol. The van der Waals surface area contributed by atoms with Gasteiger partial charge in [-0.1, -0.05) is 17.7 Å². The van der Waals surface area contributed by atoms with Crippen LogP contribution in [0.25, 0.3) is 0 Å². The number of amides is 2. The second kappa shape index (κ2) is 6.35. The summed E-state index contributed by atoms with van der Waals surface area (Å²) in [7, 11) is 1.68. The van der Waals surface area contributed by atoms with Gasteiger partial charge in [-0.2, -0.15) is 0 Å². The summed E-state index contributed by atoms with van der Waals surface area (Å²) in [5.74, 6) is -0.560. The molecule has 1 aromatic heterocycles. The zero-order chi connectivity index (χ0) is 13.7. The molecule has 1 aromatic rings. The maximum atomic E-state index is 11.8. The summed E-state index contributed by atoms with van der Waals surface area (Å²) in [5, 5.41) is 2.83. The fraction of sp³-hybridized carbons (Fsp3) is 0.417. The predicted octanol–water partition coefficient (Wildman–Crippen LogP) is 1.33. The number of hydrogen-bond donors (Lipinski definition) is 1. The highest BCUT2D eigenvalue weighted by atomic mass is 35.5. The first-order valence-electron chi connectivity index (χ1n) is 5.64. The van der Waals surface area contributed by atoms with E-state index in [1.54, 1.807) is 32.2 Å². The molecule has 1 unspecified atom stereocenters. The minimum atomic E-state index is -0.594. The molecule has 0 saturated carbocycles. The van der Waals surface area contributed by atoms with Gasteiger partial charge < -0.3 is 10.2 Å². The Morgan fingerprint density at radius 3 is 2.72 bits per heavy atom. The number of likely N-dealkylation sites (N-methyl/N-ethyl adjacent to an activating group) is 1. The van der Waals surface area contributed by atoms with Gasteiger partial charge in [-0.25, -0.2) is 4.98 Å². The Balaban J connectivity index is 2.68. The quantitative estimate of drug-likeness (QED) is 0.839. The maximum absolute atomic E-state index is 11.8. The van der Waals surface area contributed by atoms with Gasteiger partial charge in [0.1, 0.15) is 16.9 Å². The third-order valence-corrected chi connectivity index (χ3v) is 2.73. The molecule has 6 heteroatoms. The van der Waals surface area contributed by atoms with Crippen LogP contribution in [0, 0.1) is 0 Å². The van der Waals surface area contributed by atoms with Crippen molar-refractivity contribution < 1.29 is 9.59 Å². The number of carbonyl (C=O) groups is 2. The van der Waals surface area contributed by atoms with Gasteiger partial charge in [0.05, 0.1) is 0 Å². The number of pyridine rings is 1. The van der Waals surface area contributed by atoms with Crippen LogP contribution in [0.5, 0.6) is 0 Å². The van der Waals surface area contributed by atoms with Gasteiger partial charge in [-0.15, -0.1) is 0 Å². The maximum Gasteiger partial charge on any atom is 0.270 e. The number of aromatic nitrogens is 1. The third-order valence-electron chi connectivity index (χ3n) is 2.52. The number of halogens is 1. The van der Waals surface area contributed by atoms with Crippen LogP contribution < -0.4 is 5.32 Å². The van der Waals surface area contributed by atoms with Crippen molar-refractivity contribution in [1.29, 1.82) is 0 Å². The number of carbonyl (C=O) groups excluding carboxylic acids is 2. The van der Waals surface area contributed by atoms with Crippen molar-refractivity contribution >= 4 is 23.4 Å². The monoisotopic (exact) mass is 269 g/mol. The lowest BCUT2D eigenvalue weighted by Crippen LogP contribution is -2.45. The van der Waals surface area contributed by atoms with Crippen LogP contribution in [0.4, 0.5) is 0 Å². The molecule has 0 bridgehead atoms. The van der Waals surface area contributed by atoms with Gasteiger partial charge in [0.25, 0.3) is 5.91 Å². The summed E-state index contributed by atoms with van der Waals surface area (Å²) in [6, 6.07) is 4.16. The molecule has 1 rings (SSSR count). The molecule has 0 aliphatic carbocycles. The molecule has 0 aliphatic heterocycles. The van der Waals surface area contributed by atoms with Crippen LogP contribution >= 0.6 is 11.6 Å². The fourth-order valence-corrected chi connectivity index (χ4v) is 1.52. The van der Waals surface area contributed by atoms with Crippen molar-refractivity contribution in [3.05, 3.63) is 29.0 Å². The zero-order valence-electron chi connectivity index (χ0n) is 10.6. The van der Waals surface area contributed by atoms with Crippen LogP contribution in [-0.2, 0) is 4.79 Å². The first kappa shape index (κ1) is 14.4. The van der Waals surface area contributed by atoms with Gasteiger partial charge in [-0.3, -0.25) is 9.59 Å². The normalized spacial score (nSPS) is 11.8. The topological polar surface area (TPSA) is 62.3 Å². The molecule has 1 N–H and O–H groups in total. The minimum absolute atomic E-state index is 0.145. The largest absolute Gasteiger partial charge is 0.344 e. The Kier molecular flexibility index (Phi) is 5.09. The highest BCUT2D eigenvalue weighted by molar-refractivity contribution is 6.29. The zero-order valence-corrected chi connectivity index (χ0v) is 11.4. The Labute approximate surface area is 111 Å². The Hall–Kier alpha value is -1.62. The molecule has 1 heterocycles. The summed E-state index contributed by atoms with van der Waals surface area (Å²) < 4.78 is 0. The molecule has 0 spiro atoms. The molecular formula is C12H16ClN3O2. The minimum Gasteiger partial charge on any atom is -0.344 e. The van der Waals surface area contributed by atoms with E-state index in [2.05, 4.69) is 10.3 Å². The first-order valence-corrected chi connectivity index (χ1v) is 6.02. The molecular weight excluding hydrogens is 254 g/mol. The molecule has 0 aromatic carbocycles. The molecule has 18 heavy (non-hydrogen) atoms. The second-order valence-electron chi connectivity index (χ2n) is 3.89. The first-order chi connectivity index (χ1) is 8.45. The van der Waals surface area contributed by atoms with Crippen molar-refractivity contribution in [3.8, 4) is 0 Å². The number of rotatable bonds is 4. The fourth-order valence-electron chi connectivity index (χ4n) is 1.35. The van der Waals surface area contributed by atoms with Gasteiger partial charge in [0.2, 0.25) is 5.91 Å². The highest BCUT2D eigenvalue weighted by Gasteiger charge is 2.19. The molecule has 0 aliphatic rings. The van der Waals surface area contributed by atoms with E-state index in [0.717, 1.165) is 0 Å². The van der Waals surface area contributed by atoms with Crippen LogP contribution in [0.15, 0.2) is 18.2 Å². The summed E-state index contributed by atoms with van der Waals surface area (Å²) >= 11 is 5.69. The number of hydrogen-bond acceptors (Lipinski definition) is 3. The van der Waals surface area contributed by atoms with Crippen LogP contribution in [-0.4, -0.2) is 41.3 Å². The van der Waals surface area contributed by atoms with E-state index >= 15 is 0 Å². The van der Waals surface area contributed by atoms with E-state index in [1.807, 2.05) is 6.92 Å². The average Bonchev–Trinajstić information content (AvgIpc) is 2.36. The molecule has 5 nitrogen and oxygen atoms in total. The van der Waals surface area contributed by atoms with Crippen molar-refractivity contribution in [2.24, 2.45) is 0 Å². The van der Waals surface area contributed by atoms with Crippen LogP contribution in [0.1, 0.15) is 24.3 Å². The molecule has 2 amide bonds. The Bertz CT molecular complexity index is 451. The lowest BCUT2D eigenvalue weighted by molar-refractivity contribution is -0.131. The van der Waals surface area contributed by atoms with Gasteiger partial charge >= 0.3 is 0 Å². The molecule has 0 fully saturated rings. The smallest absolute Gasteiger partial charge is 0.270 e. The van der Waals surface area contributed by atoms with E-state index in [1.165, 1.54) is 4.90 Å². The van der Waals surface area contributed by atoms with Gasteiger partial charge in [0.15, 0.2) is 0 Å². The van der Waals surface area contributed by atoms with E-state index < -0.39 is 11.9 Å². The lowest BCUT2D eigenvalue weighted by Gasteiger charge is -2.20. The molecule has 0 saturated heterocycles. The van der Waals surface area contributed by atoms with Gasteiger partial charge in [0, 0.05) is 13.6 Å². The summed E-state index contributed by atoms with van der Waals surface area (Å²) in [6.45, 7) is 4.09. The summed E-state index contributed by atoms with van der Waals surface area (Å²) in [6.07, 6.45) is 0. The van der Waals surface area contributed by atoms with Crippen molar-refractivity contribution in [3.63, 3.8) is 0 Å². The third kappa shape index (κ3) is 3.70. The van der Waals surface area contributed by atoms with E-state index in [0.29, 0.717) is 6.54 Å². The molecule has 98 valence electrons. The van der Waals surface area contributed by atoms with Gasteiger partial charge in [-0.05, 0) is 26.0 Å². The molecule has 1 atom stereocenters. The number of nitrogens with zero attached hydrogens (tertiary/aromatic N) is 2. The van der Waals surface area contributed by atoms with E-state index in [-0.39, 0.29) is 16.8 Å². The SMILES string of the molecule is CCN(C)C(=O)C(C)NC(=O)c1cccc(Cl)n1. The predicted molar refractivity (Wildman–Crippen MR) is 69.5 cm³/mol. The van der Waals surface area contributed by atoms with Crippen molar-refractivity contribution in [2.45, 2.75) is 19.9 Å². The van der Waals surface area contributed by atoms with Crippen molar-refractivity contribution in [2.75, 3.05) is 13.6 Å². The molecule has 0 radical (unpaired) electrons. The lowest BCUT2D eigenvalue weighted by atomic mass is 10.2.